The molecule has 0 bridgehead atoms. The normalized spacial score (nSPS) is 11.5. The zero-order valence-corrected chi connectivity index (χ0v) is 13.7. The fourth-order valence-corrected chi connectivity index (χ4v) is 2.37. The van der Waals surface area contributed by atoms with Crippen molar-refractivity contribution in [3.63, 3.8) is 0 Å². The van der Waals surface area contributed by atoms with E-state index in [4.69, 9.17) is 16.3 Å². The Bertz CT molecular complexity index is 690. The molecule has 0 saturated heterocycles. The van der Waals surface area contributed by atoms with Gasteiger partial charge in [0.25, 0.3) is 0 Å². The zero-order chi connectivity index (χ0) is 16.5. The number of ether oxygens (including phenoxy) is 1. The van der Waals surface area contributed by atoms with Crippen LogP contribution in [0.25, 0.3) is 11.3 Å². The quantitative estimate of drug-likeness (QED) is 0.800. The molecule has 118 valence electrons. The lowest BCUT2D eigenvalue weighted by Crippen LogP contribution is -2.37. The average Bonchev–Trinajstić information content (AvgIpc) is 2.82. The highest BCUT2D eigenvalue weighted by atomic mass is 35.5. The van der Waals surface area contributed by atoms with Crippen LogP contribution in [0.4, 0.5) is 4.39 Å². The van der Waals surface area contributed by atoms with Gasteiger partial charge in [0, 0.05) is 6.20 Å². The van der Waals surface area contributed by atoms with E-state index in [1.54, 1.807) is 40.0 Å². The summed E-state index contributed by atoms with van der Waals surface area (Å²) >= 11 is 6.09. The summed E-state index contributed by atoms with van der Waals surface area (Å²) in [6, 6.07) is 4.47. The van der Waals surface area contributed by atoms with Gasteiger partial charge in [-0.3, -0.25) is 4.68 Å². The van der Waals surface area contributed by atoms with Gasteiger partial charge in [-0.2, -0.15) is 5.10 Å². The minimum atomic E-state index is -0.989. The molecule has 6 heteroatoms. The predicted octanol–water partition coefficient (Wildman–Crippen LogP) is 3.95. The van der Waals surface area contributed by atoms with Gasteiger partial charge in [0.1, 0.15) is 5.82 Å². The molecule has 4 nitrogen and oxygen atoms in total. The summed E-state index contributed by atoms with van der Waals surface area (Å²) in [5.41, 5.74) is 0.390. The van der Waals surface area contributed by atoms with E-state index >= 15 is 0 Å². The summed E-state index contributed by atoms with van der Waals surface area (Å²) in [5.74, 6) is -0.849. The Morgan fingerprint density at radius 1 is 1.45 bits per heavy atom. The third kappa shape index (κ3) is 2.86. The Morgan fingerprint density at radius 3 is 2.73 bits per heavy atom. The van der Waals surface area contributed by atoms with Crippen molar-refractivity contribution in [2.75, 3.05) is 6.61 Å². The molecule has 22 heavy (non-hydrogen) atoms. The van der Waals surface area contributed by atoms with Crippen LogP contribution in [0.2, 0.25) is 5.02 Å². The first-order chi connectivity index (χ1) is 10.3. The number of aromatic nitrogens is 2. The predicted molar refractivity (Wildman–Crippen MR) is 83.3 cm³/mol. The highest BCUT2D eigenvalue weighted by Crippen LogP contribution is 2.32. The monoisotopic (exact) mass is 324 g/mol. The van der Waals surface area contributed by atoms with Crippen molar-refractivity contribution >= 4 is 17.6 Å². The molecule has 0 aliphatic carbocycles. The molecule has 0 fully saturated rings. The topological polar surface area (TPSA) is 44.1 Å². The van der Waals surface area contributed by atoms with Crippen LogP contribution in [0.1, 0.15) is 26.3 Å². The molecule has 0 aliphatic rings. The first kappa shape index (κ1) is 16.5. The summed E-state index contributed by atoms with van der Waals surface area (Å²) < 4.78 is 20.6. The molecule has 0 aliphatic heterocycles. The van der Waals surface area contributed by atoms with E-state index in [1.807, 2.05) is 0 Å². The van der Waals surface area contributed by atoms with Gasteiger partial charge in [-0.1, -0.05) is 17.7 Å². The highest BCUT2D eigenvalue weighted by molar-refractivity contribution is 6.33. The second-order valence-electron chi connectivity index (χ2n) is 5.48. The second-order valence-corrected chi connectivity index (χ2v) is 5.89. The zero-order valence-electron chi connectivity index (χ0n) is 13.0. The Labute approximate surface area is 133 Å². The number of esters is 1. The van der Waals surface area contributed by atoms with Crippen LogP contribution in [-0.2, 0) is 15.1 Å². The van der Waals surface area contributed by atoms with E-state index in [9.17, 15) is 9.18 Å². The van der Waals surface area contributed by atoms with E-state index in [2.05, 4.69) is 5.10 Å². The van der Waals surface area contributed by atoms with Crippen molar-refractivity contribution in [3.05, 3.63) is 40.8 Å². The third-order valence-electron chi connectivity index (χ3n) is 3.44. The van der Waals surface area contributed by atoms with Gasteiger partial charge < -0.3 is 4.74 Å². The number of halogens is 2. The number of benzene rings is 1. The van der Waals surface area contributed by atoms with E-state index in [0.29, 0.717) is 5.69 Å². The molecule has 2 aromatic rings. The maximum absolute atomic E-state index is 14.1. The lowest BCUT2D eigenvalue weighted by atomic mass is 10.1. The van der Waals surface area contributed by atoms with Crippen molar-refractivity contribution in [1.29, 1.82) is 0 Å². The number of carbonyl (C=O) groups excluding carboxylic acids is 1. The van der Waals surface area contributed by atoms with Gasteiger partial charge in [-0.15, -0.1) is 0 Å². The summed E-state index contributed by atoms with van der Waals surface area (Å²) in [5, 5.41) is 4.65. The maximum atomic E-state index is 14.1. The fourth-order valence-electron chi connectivity index (χ4n) is 2.12. The summed E-state index contributed by atoms with van der Waals surface area (Å²) in [6.07, 6.45) is 1.69. The number of aryl methyl sites for hydroxylation is 1. The lowest BCUT2D eigenvalue weighted by molar-refractivity contribution is -0.152. The van der Waals surface area contributed by atoms with E-state index in [1.165, 1.54) is 16.8 Å². The van der Waals surface area contributed by atoms with Crippen LogP contribution in [-0.4, -0.2) is 22.4 Å². The molecule has 0 spiro atoms. The van der Waals surface area contributed by atoms with E-state index in [-0.39, 0.29) is 17.2 Å². The molecule has 0 radical (unpaired) electrons. The van der Waals surface area contributed by atoms with Crippen LogP contribution >= 0.6 is 11.6 Å². The van der Waals surface area contributed by atoms with Gasteiger partial charge in [0.15, 0.2) is 5.54 Å². The molecule has 2 rings (SSSR count). The van der Waals surface area contributed by atoms with Crippen molar-refractivity contribution in [3.8, 4) is 11.3 Å². The molecule has 0 N–H and O–H groups in total. The van der Waals surface area contributed by atoms with Gasteiger partial charge in [0.2, 0.25) is 0 Å². The van der Waals surface area contributed by atoms with E-state index < -0.39 is 17.3 Å². The summed E-state index contributed by atoms with van der Waals surface area (Å²) in [4.78, 5) is 12.1. The molecule has 1 heterocycles. The molecular formula is C16H18ClFN2O2. The Hall–Kier alpha value is -1.88. The molecule has 0 unspecified atom stereocenters. The first-order valence-corrected chi connectivity index (χ1v) is 7.35. The first-order valence-electron chi connectivity index (χ1n) is 6.97. The Balaban J connectivity index is 2.51. The van der Waals surface area contributed by atoms with E-state index in [0.717, 1.165) is 5.56 Å². The number of carbonyl (C=O) groups is 1. The molecule has 1 aromatic heterocycles. The van der Waals surface area contributed by atoms with Crippen LogP contribution < -0.4 is 0 Å². The van der Waals surface area contributed by atoms with Crippen LogP contribution in [0.15, 0.2) is 24.4 Å². The SMILES string of the molecule is CCOC(=O)C(C)(C)n1cc(C)c(-c2c(F)cccc2Cl)n1. The summed E-state index contributed by atoms with van der Waals surface area (Å²) in [6.45, 7) is 7.22. The fraction of sp³-hybridized carbons (Fsp3) is 0.375. The van der Waals surface area contributed by atoms with Gasteiger partial charge in [-0.25, -0.2) is 9.18 Å². The minimum absolute atomic E-state index is 0.236. The Kier molecular flexibility index (Phi) is 4.56. The van der Waals surface area contributed by atoms with Crippen molar-refractivity contribution < 1.29 is 13.9 Å². The number of hydrogen-bond donors (Lipinski definition) is 0. The molecule has 0 saturated carbocycles. The minimum Gasteiger partial charge on any atom is -0.464 e. The summed E-state index contributed by atoms with van der Waals surface area (Å²) in [7, 11) is 0. The number of hydrogen-bond acceptors (Lipinski definition) is 3. The number of rotatable bonds is 4. The number of nitrogens with zero attached hydrogens (tertiary/aromatic N) is 2. The Morgan fingerprint density at radius 2 is 2.14 bits per heavy atom. The van der Waals surface area contributed by atoms with Crippen LogP contribution in [0, 0.1) is 12.7 Å². The van der Waals surface area contributed by atoms with Crippen molar-refractivity contribution in [2.24, 2.45) is 0 Å². The molecule has 0 atom stereocenters. The highest BCUT2D eigenvalue weighted by Gasteiger charge is 2.33. The maximum Gasteiger partial charge on any atom is 0.333 e. The second kappa shape index (κ2) is 6.08. The van der Waals surface area contributed by atoms with Crippen LogP contribution in [0.5, 0.6) is 0 Å². The average molecular weight is 325 g/mol. The van der Waals surface area contributed by atoms with Gasteiger partial charge in [-0.05, 0) is 45.4 Å². The largest absolute Gasteiger partial charge is 0.464 e. The molecule has 0 amide bonds. The van der Waals surface area contributed by atoms with Gasteiger partial charge >= 0.3 is 5.97 Å². The standard InChI is InChI=1S/C16H18ClFN2O2/c1-5-22-15(21)16(3,4)20-9-10(2)14(19-20)13-11(17)7-6-8-12(13)18/h6-9H,5H2,1-4H3. The van der Waals surface area contributed by atoms with Crippen molar-refractivity contribution in [1.82, 2.24) is 9.78 Å². The third-order valence-corrected chi connectivity index (χ3v) is 3.76. The van der Waals surface area contributed by atoms with Crippen molar-refractivity contribution in [2.45, 2.75) is 33.2 Å². The van der Waals surface area contributed by atoms with Crippen LogP contribution in [0.3, 0.4) is 0 Å². The molecular weight excluding hydrogens is 307 g/mol. The smallest absolute Gasteiger partial charge is 0.333 e. The lowest BCUT2D eigenvalue weighted by Gasteiger charge is -2.22. The molecule has 1 aromatic carbocycles. The van der Waals surface area contributed by atoms with Gasteiger partial charge in [0.05, 0.1) is 22.9 Å².